The largest absolute Gasteiger partial charge is 0.413 e. The van der Waals surface area contributed by atoms with Gasteiger partial charge in [-0.15, -0.1) is 0 Å². The van der Waals surface area contributed by atoms with Crippen molar-refractivity contribution >= 4 is 11.7 Å². The molecule has 7 nitrogen and oxygen atoms in total. The van der Waals surface area contributed by atoms with Crippen LogP contribution in [0, 0.1) is 10.1 Å². The van der Waals surface area contributed by atoms with Crippen molar-refractivity contribution in [2.24, 2.45) is 5.10 Å². The summed E-state index contributed by atoms with van der Waals surface area (Å²) in [5.41, 5.74) is 2.45. The molecule has 2 N–H and O–H groups in total. The van der Waals surface area contributed by atoms with Gasteiger partial charge < -0.3 is 15.2 Å². The zero-order valence-electron chi connectivity index (χ0n) is 6.41. The van der Waals surface area contributed by atoms with Crippen LogP contribution in [0.3, 0.4) is 0 Å². The summed E-state index contributed by atoms with van der Waals surface area (Å²) in [6.45, 7) is 0. The number of amidine groups is 1. The van der Waals surface area contributed by atoms with Gasteiger partial charge in [-0.2, -0.15) is 5.43 Å². The zero-order chi connectivity index (χ0) is 9.42. The quantitative estimate of drug-likeness (QED) is 0.436. The van der Waals surface area contributed by atoms with E-state index < -0.39 is 17.0 Å². The molecule has 0 amide bonds. The Balaban J connectivity index is 2.41. The van der Waals surface area contributed by atoms with Gasteiger partial charge in [0.25, 0.3) is 0 Å². The summed E-state index contributed by atoms with van der Waals surface area (Å²) in [6, 6.07) is 3.31. The van der Waals surface area contributed by atoms with Crippen LogP contribution in [-0.2, 0) is 0 Å². The van der Waals surface area contributed by atoms with Crippen LogP contribution < -0.4 is 5.43 Å². The Kier molecular flexibility index (Phi) is 1.52. The van der Waals surface area contributed by atoms with Crippen LogP contribution in [-0.4, -0.2) is 20.4 Å². The van der Waals surface area contributed by atoms with Crippen molar-refractivity contribution in [1.82, 2.24) is 4.57 Å². The Morgan fingerprint density at radius 2 is 2.54 bits per heavy atom. The average molecular weight is 182 g/mol. The van der Waals surface area contributed by atoms with Crippen molar-refractivity contribution in [2.75, 3.05) is 5.43 Å². The van der Waals surface area contributed by atoms with E-state index in [-0.39, 0.29) is 0 Å². The molecule has 68 valence electrons. The smallest absolute Gasteiger partial charge is 0.363 e. The first kappa shape index (κ1) is 7.74. The second kappa shape index (κ2) is 2.56. The molecule has 1 aromatic heterocycles. The van der Waals surface area contributed by atoms with Crippen LogP contribution >= 0.6 is 0 Å². The monoisotopic (exact) mass is 182 g/mol. The van der Waals surface area contributed by atoms with Crippen LogP contribution in [0.5, 0.6) is 0 Å². The highest BCUT2D eigenvalue weighted by molar-refractivity contribution is 5.79. The van der Waals surface area contributed by atoms with E-state index in [0.29, 0.717) is 5.82 Å². The first-order valence-electron chi connectivity index (χ1n) is 3.53. The number of nitro groups is 1. The molecule has 13 heavy (non-hydrogen) atoms. The molecular formula is C6H6N4O3. The van der Waals surface area contributed by atoms with Crippen LogP contribution in [0.25, 0.3) is 0 Å². The lowest BCUT2D eigenvalue weighted by molar-refractivity contribution is -0.361. The zero-order valence-corrected chi connectivity index (χ0v) is 6.41. The summed E-state index contributed by atoms with van der Waals surface area (Å²) >= 11 is 0. The van der Waals surface area contributed by atoms with E-state index in [1.54, 1.807) is 12.1 Å². The van der Waals surface area contributed by atoms with Crippen LogP contribution in [0.2, 0.25) is 0 Å². The van der Waals surface area contributed by atoms with E-state index >= 15 is 0 Å². The number of aromatic nitrogens is 1. The molecule has 1 aromatic rings. The maximum Gasteiger partial charge on any atom is 0.413 e. The van der Waals surface area contributed by atoms with Gasteiger partial charge in [-0.05, 0) is 17.1 Å². The molecule has 0 saturated carbocycles. The minimum absolute atomic E-state index is 0.510. The number of hydrogen-bond acceptors (Lipinski definition) is 5. The van der Waals surface area contributed by atoms with Crippen molar-refractivity contribution in [3.8, 4) is 0 Å². The Bertz CT molecular complexity index is 383. The number of fused-ring (bicyclic) bond motifs is 1. The number of nitrogens with one attached hydrogen (secondary N) is 1. The van der Waals surface area contributed by atoms with Gasteiger partial charge in [-0.3, -0.25) is 4.57 Å². The van der Waals surface area contributed by atoms with Crippen LogP contribution in [0.1, 0.15) is 6.23 Å². The van der Waals surface area contributed by atoms with Gasteiger partial charge in [-0.25, -0.2) is 0 Å². The molecule has 2 heterocycles. The number of aliphatic hydroxyl groups is 1. The topological polar surface area (TPSA) is 92.7 Å². The lowest BCUT2D eigenvalue weighted by Crippen LogP contribution is -2.30. The summed E-state index contributed by atoms with van der Waals surface area (Å²) < 4.78 is 1.32. The van der Waals surface area contributed by atoms with Gasteiger partial charge in [0.15, 0.2) is 5.82 Å². The number of hydrogen-bond donors (Lipinski definition) is 2. The Morgan fingerprint density at radius 1 is 1.77 bits per heavy atom. The van der Waals surface area contributed by atoms with Crippen molar-refractivity contribution < 1.29 is 10.0 Å². The molecule has 1 aliphatic heterocycles. The van der Waals surface area contributed by atoms with Gasteiger partial charge >= 0.3 is 5.84 Å². The summed E-state index contributed by atoms with van der Waals surface area (Å²) in [6.07, 6.45) is 0.215. The third kappa shape index (κ3) is 1.05. The number of aliphatic hydroxyl groups excluding tert-OH is 1. The lowest BCUT2D eigenvalue weighted by atomic mass is 10.4. The number of rotatable bonds is 0. The molecule has 0 saturated heterocycles. The summed E-state index contributed by atoms with van der Waals surface area (Å²) in [4.78, 5) is 9.64. The minimum Gasteiger partial charge on any atom is -0.363 e. The molecule has 7 heteroatoms. The predicted molar refractivity (Wildman–Crippen MR) is 43.7 cm³/mol. The number of nitrogens with zero attached hydrogens (tertiary/aromatic N) is 3. The highest BCUT2D eigenvalue weighted by Gasteiger charge is 2.31. The second-order valence-corrected chi connectivity index (χ2v) is 2.51. The molecule has 1 unspecified atom stereocenters. The molecule has 0 aliphatic carbocycles. The molecule has 0 radical (unpaired) electrons. The third-order valence-electron chi connectivity index (χ3n) is 1.75. The molecule has 2 rings (SSSR count). The number of anilines is 1. The van der Waals surface area contributed by atoms with Gasteiger partial charge in [0.05, 0.1) is 5.10 Å². The molecule has 1 aliphatic rings. The van der Waals surface area contributed by atoms with E-state index in [2.05, 4.69) is 10.5 Å². The summed E-state index contributed by atoms with van der Waals surface area (Å²) in [5.74, 6) is 0.0156. The van der Waals surface area contributed by atoms with Gasteiger partial charge in [-0.1, -0.05) is 0 Å². The number of hydrazone groups is 1. The fourth-order valence-electron chi connectivity index (χ4n) is 1.13. The first-order chi connectivity index (χ1) is 6.20. The average Bonchev–Trinajstić information content (AvgIpc) is 2.52. The SMILES string of the molecule is O=[N+]([O-])C1=NNc2cccn2C1O. The van der Waals surface area contributed by atoms with Crippen molar-refractivity contribution in [3.05, 3.63) is 28.4 Å². The maximum absolute atomic E-state index is 10.4. The Hall–Kier alpha value is -1.89. The summed E-state index contributed by atoms with van der Waals surface area (Å²) in [5, 5.41) is 23.2. The fourth-order valence-corrected chi connectivity index (χ4v) is 1.13. The van der Waals surface area contributed by atoms with Gasteiger partial charge in [0, 0.05) is 6.20 Å². The van der Waals surface area contributed by atoms with Crippen LogP contribution in [0.15, 0.2) is 23.4 Å². The normalized spacial score (nSPS) is 20.1. The molecule has 1 atom stereocenters. The van der Waals surface area contributed by atoms with Crippen molar-refractivity contribution in [1.29, 1.82) is 0 Å². The van der Waals surface area contributed by atoms with E-state index in [1.165, 1.54) is 10.8 Å². The standard InChI is InChI=1S/C6H6N4O3/c11-6-5(10(12)13)8-7-4-2-1-3-9(4)6/h1-3,6-7,11H. The fraction of sp³-hybridized carbons (Fsp3) is 0.167. The van der Waals surface area contributed by atoms with E-state index in [0.717, 1.165) is 0 Å². The van der Waals surface area contributed by atoms with E-state index in [4.69, 9.17) is 0 Å². The Morgan fingerprint density at radius 3 is 3.23 bits per heavy atom. The van der Waals surface area contributed by atoms with Crippen LogP contribution in [0.4, 0.5) is 5.82 Å². The minimum atomic E-state index is -1.32. The highest BCUT2D eigenvalue weighted by Crippen LogP contribution is 2.20. The maximum atomic E-state index is 10.4. The van der Waals surface area contributed by atoms with Gasteiger partial charge in [0.1, 0.15) is 0 Å². The van der Waals surface area contributed by atoms with Crippen molar-refractivity contribution in [2.45, 2.75) is 6.23 Å². The Labute approximate surface area is 72.4 Å². The third-order valence-corrected chi connectivity index (χ3v) is 1.75. The predicted octanol–water partition coefficient (Wildman–Crippen LogP) is -0.00530. The molecule has 0 bridgehead atoms. The lowest BCUT2D eigenvalue weighted by Gasteiger charge is -2.15. The van der Waals surface area contributed by atoms with Crippen molar-refractivity contribution in [3.63, 3.8) is 0 Å². The highest BCUT2D eigenvalue weighted by atomic mass is 16.6. The van der Waals surface area contributed by atoms with E-state index in [9.17, 15) is 15.2 Å². The molecule has 0 fully saturated rings. The summed E-state index contributed by atoms with van der Waals surface area (Å²) in [7, 11) is 0. The second-order valence-electron chi connectivity index (χ2n) is 2.51. The molecule has 0 spiro atoms. The first-order valence-corrected chi connectivity index (χ1v) is 3.53. The van der Waals surface area contributed by atoms with Gasteiger partial charge in [0.2, 0.25) is 6.23 Å². The molecular weight excluding hydrogens is 176 g/mol. The molecule has 0 aromatic carbocycles. The van der Waals surface area contributed by atoms with E-state index in [1.807, 2.05) is 0 Å².